The fourth-order valence-corrected chi connectivity index (χ4v) is 4.14. The molecule has 0 saturated carbocycles. The minimum absolute atomic E-state index is 0.0906. The maximum absolute atomic E-state index is 13.1. The molecule has 0 atom stereocenters. The molecule has 1 aromatic heterocycles. The van der Waals surface area contributed by atoms with Crippen LogP contribution in [0.1, 0.15) is 19.4 Å². The standard InChI is InChI=1S/C20H16BrN3OS2/c1-12(2)24(16-7-8-17-18(10-16)27-20(26)23-17)19(25)14(11-22)9-13-3-5-15(21)6-4-13/h3-10,12H,1-2H3,(H,23,26). The van der Waals surface area contributed by atoms with E-state index in [0.29, 0.717) is 3.95 Å². The molecule has 0 saturated heterocycles. The molecule has 0 radical (unpaired) electrons. The van der Waals surface area contributed by atoms with Crippen molar-refractivity contribution < 1.29 is 4.79 Å². The van der Waals surface area contributed by atoms with Crippen molar-refractivity contribution >= 4 is 67.4 Å². The van der Waals surface area contributed by atoms with Gasteiger partial charge in [0.15, 0.2) is 3.95 Å². The number of nitrogens with zero attached hydrogens (tertiary/aromatic N) is 2. The maximum Gasteiger partial charge on any atom is 0.269 e. The number of thiazole rings is 1. The summed E-state index contributed by atoms with van der Waals surface area (Å²) in [6.07, 6.45) is 1.61. The minimum Gasteiger partial charge on any atom is -0.337 e. The Morgan fingerprint density at radius 1 is 1.30 bits per heavy atom. The molecule has 0 aliphatic rings. The van der Waals surface area contributed by atoms with Gasteiger partial charge in [-0.05, 0) is 68.0 Å². The first-order valence-corrected chi connectivity index (χ1v) is 10.2. The van der Waals surface area contributed by atoms with Crippen LogP contribution in [0.25, 0.3) is 16.3 Å². The van der Waals surface area contributed by atoms with Crippen LogP contribution in [-0.2, 0) is 4.79 Å². The second-order valence-electron chi connectivity index (χ2n) is 6.19. The molecule has 3 rings (SSSR count). The first-order valence-electron chi connectivity index (χ1n) is 8.23. The normalized spacial score (nSPS) is 11.6. The lowest BCUT2D eigenvalue weighted by molar-refractivity contribution is -0.115. The second kappa shape index (κ2) is 8.17. The SMILES string of the molecule is CC(C)N(C(=O)C(C#N)=Cc1ccc(Br)cc1)c1ccc2[nH]c(=S)sc2c1. The number of benzene rings is 2. The summed E-state index contributed by atoms with van der Waals surface area (Å²) in [6, 6.07) is 15.1. The summed E-state index contributed by atoms with van der Waals surface area (Å²) in [5.74, 6) is -0.325. The number of aromatic amines is 1. The van der Waals surface area contributed by atoms with Crippen LogP contribution in [0, 0.1) is 15.3 Å². The average Bonchev–Trinajstić information content (AvgIpc) is 3.00. The highest BCUT2D eigenvalue weighted by Crippen LogP contribution is 2.28. The van der Waals surface area contributed by atoms with Gasteiger partial charge in [-0.2, -0.15) is 5.26 Å². The van der Waals surface area contributed by atoms with Crippen molar-refractivity contribution in [3.05, 3.63) is 62.0 Å². The summed E-state index contributed by atoms with van der Waals surface area (Å²) in [5.41, 5.74) is 2.57. The van der Waals surface area contributed by atoms with Crippen LogP contribution in [0.5, 0.6) is 0 Å². The number of halogens is 1. The molecule has 4 nitrogen and oxygen atoms in total. The van der Waals surface area contributed by atoms with E-state index >= 15 is 0 Å². The van der Waals surface area contributed by atoms with Crippen LogP contribution >= 0.6 is 39.5 Å². The second-order valence-corrected chi connectivity index (χ2v) is 8.82. The van der Waals surface area contributed by atoms with Crippen LogP contribution in [0.3, 0.4) is 0 Å². The van der Waals surface area contributed by atoms with Crippen LogP contribution in [0.2, 0.25) is 0 Å². The Hall–Kier alpha value is -2.27. The number of carbonyl (C=O) groups is 1. The molecule has 27 heavy (non-hydrogen) atoms. The summed E-state index contributed by atoms with van der Waals surface area (Å²) in [6.45, 7) is 3.85. The van der Waals surface area contributed by atoms with Crippen LogP contribution in [-0.4, -0.2) is 16.9 Å². The molecule has 0 bridgehead atoms. The molecule has 0 spiro atoms. The Kier molecular flexibility index (Phi) is 5.90. The lowest BCUT2D eigenvalue weighted by atomic mass is 10.1. The van der Waals surface area contributed by atoms with Crippen LogP contribution in [0.4, 0.5) is 5.69 Å². The smallest absolute Gasteiger partial charge is 0.269 e. The number of nitriles is 1. The lowest BCUT2D eigenvalue weighted by Crippen LogP contribution is -2.37. The molecule has 0 aliphatic heterocycles. The quantitative estimate of drug-likeness (QED) is 0.293. The van der Waals surface area contributed by atoms with Gasteiger partial charge in [0.1, 0.15) is 11.6 Å². The molecule has 7 heteroatoms. The van der Waals surface area contributed by atoms with E-state index in [1.807, 2.05) is 62.4 Å². The van der Waals surface area contributed by atoms with Gasteiger partial charge >= 0.3 is 0 Å². The van der Waals surface area contributed by atoms with Gasteiger partial charge in [0.2, 0.25) is 0 Å². The zero-order valence-corrected chi connectivity index (χ0v) is 17.9. The van der Waals surface area contributed by atoms with E-state index in [4.69, 9.17) is 12.2 Å². The van der Waals surface area contributed by atoms with Crippen molar-refractivity contribution in [3.63, 3.8) is 0 Å². The number of anilines is 1. The number of hydrogen-bond acceptors (Lipinski definition) is 4. The predicted octanol–water partition coefficient (Wildman–Crippen LogP) is 6.07. The Labute approximate surface area is 174 Å². The molecule has 0 aliphatic carbocycles. The molecule has 1 heterocycles. The van der Waals surface area contributed by atoms with Crippen molar-refractivity contribution in [2.45, 2.75) is 19.9 Å². The molecule has 1 amide bonds. The van der Waals surface area contributed by atoms with E-state index < -0.39 is 0 Å². The Morgan fingerprint density at radius 2 is 2.00 bits per heavy atom. The molecule has 136 valence electrons. The lowest BCUT2D eigenvalue weighted by Gasteiger charge is -2.26. The van der Waals surface area contributed by atoms with Crippen LogP contribution < -0.4 is 4.90 Å². The molecular formula is C20H16BrN3OS2. The van der Waals surface area contributed by atoms with Gasteiger partial charge in [-0.3, -0.25) is 4.79 Å². The van der Waals surface area contributed by atoms with E-state index in [0.717, 1.165) is 25.9 Å². The third-order valence-electron chi connectivity index (χ3n) is 3.95. The predicted molar refractivity (Wildman–Crippen MR) is 117 cm³/mol. The van der Waals surface area contributed by atoms with Gasteiger partial charge in [-0.25, -0.2) is 0 Å². The van der Waals surface area contributed by atoms with Gasteiger partial charge < -0.3 is 9.88 Å². The summed E-state index contributed by atoms with van der Waals surface area (Å²) >= 11 is 10.0. The number of hydrogen-bond donors (Lipinski definition) is 1. The van der Waals surface area contributed by atoms with Gasteiger partial charge in [0.05, 0.1) is 10.2 Å². The zero-order chi connectivity index (χ0) is 19.6. The first kappa shape index (κ1) is 19.5. The largest absolute Gasteiger partial charge is 0.337 e. The number of rotatable bonds is 4. The fourth-order valence-electron chi connectivity index (χ4n) is 2.73. The van der Waals surface area contributed by atoms with E-state index in [-0.39, 0.29) is 17.5 Å². The highest BCUT2D eigenvalue weighted by Gasteiger charge is 2.23. The van der Waals surface area contributed by atoms with Gasteiger partial charge in [-0.15, -0.1) is 11.3 Å². The Bertz CT molecular complexity index is 1120. The monoisotopic (exact) mass is 457 g/mol. The summed E-state index contributed by atoms with van der Waals surface area (Å²) in [7, 11) is 0. The van der Waals surface area contributed by atoms with E-state index in [1.54, 1.807) is 11.0 Å². The van der Waals surface area contributed by atoms with Crippen molar-refractivity contribution in [3.8, 4) is 6.07 Å². The van der Waals surface area contributed by atoms with E-state index in [9.17, 15) is 10.1 Å². The number of carbonyl (C=O) groups excluding carboxylic acids is 1. The highest BCUT2D eigenvalue weighted by atomic mass is 79.9. The summed E-state index contributed by atoms with van der Waals surface area (Å²) in [5, 5.41) is 9.57. The number of amides is 1. The average molecular weight is 458 g/mol. The van der Waals surface area contributed by atoms with Crippen molar-refractivity contribution in [2.75, 3.05) is 4.90 Å². The minimum atomic E-state index is -0.325. The van der Waals surface area contributed by atoms with Gasteiger partial charge in [0, 0.05) is 16.2 Å². The number of aromatic nitrogens is 1. The Balaban J connectivity index is 2.01. The van der Waals surface area contributed by atoms with E-state index in [2.05, 4.69) is 20.9 Å². The zero-order valence-electron chi connectivity index (χ0n) is 14.7. The Morgan fingerprint density at radius 3 is 2.63 bits per heavy atom. The third-order valence-corrected chi connectivity index (χ3v) is 5.68. The third kappa shape index (κ3) is 4.35. The number of fused-ring (bicyclic) bond motifs is 1. The first-order chi connectivity index (χ1) is 12.9. The van der Waals surface area contributed by atoms with Crippen molar-refractivity contribution in [1.29, 1.82) is 5.26 Å². The maximum atomic E-state index is 13.1. The molecular weight excluding hydrogens is 442 g/mol. The summed E-state index contributed by atoms with van der Waals surface area (Å²) < 4.78 is 2.61. The molecule has 2 aromatic carbocycles. The highest BCUT2D eigenvalue weighted by molar-refractivity contribution is 9.10. The summed E-state index contributed by atoms with van der Waals surface area (Å²) in [4.78, 5) is 17.9. The number of H-pyrrole nitrogens is 1. The van der Waals surface area contributed by atoms with E-state index in [1.165, 1.54) is 11.3 Å². The topological polar surface area (TPSA) is 59.9 Å². The van der Waals surface area contributed by atoms with Crippen LogP contribution in [0.15, 0.2) is 52.5 Å². The number of nitrogens with one attached hydrogen (secondary N) is 1. The molecule has 1 N–H and O–H groups in total. The van der Waals surface area contributed by atoms with Gasteiger partial charge in [0.25, 0.3) is 5.91 Å². The van der Waals surface area contributed by atoms with Gasteiger partial charge in [-0.1, -0.05) is 28.1 Å². The fraction of sp³-hybridized carbons (Fsp3) is 0.150. The molecule has 0 unspecified atom stereocenters. The van der Waals surface area contributed by atoms with Crippen molar-refractivity contribution in [1.82, 2.24) is 4.98 Å². The molecule has 0 fully saturated rings. The molecule has 3 aromatic rings. The van der Waals surface area contributed by atoms with Crippen molar-refractivity contribution in [2.24, 2.45) is 0 Å².